The molecular formula is C17H24N4S. The summed E-state index contributed by atoms with van der Waals surface area (Å²) in [6.07, 6.45) is 5.95. The molecule has 0 unspecified atom stereocenters. The highest BCUT2D eigenvalue weighted by Crippen LogP contribution is 2.56. The summed E-state index contributed by atoms with van der Waals surface area (Å²) in [4.78, 5) is 2.68. The van der Waals surface area contributed by atoms with Crippen molar-refractivity contribution in [2.45, 2.75) is 38.4 Å². The lowest BCUT2D eigenvalue weighted by Crippen LogP contribution is -2.36. The van der Waals surface area contributed by atoms with Gasteiger partial charge in [-0.3, -0.25) is 9.58 Å². The monoisotopic (exact) mass is 316 g/mol. The van der Waals surface area contributed by atoms with Gasteiger partial charge in [0.1, 0.15) is 0 Å². The van der Waals surface area contributed by atoms with Gasteiger partial charge in [-0.2, -0.15) is 16.4 Å². The van der Waals surface area contributed by atoms with Crippen molar-refractivity contribution in [1.82, 2.24) is 20.0 Å². The third-order valence-electron chi connectivity index (χ3n) is 5.44. The number of rotatable bonds is 5. The first kappa shape index (κ1) is 14.4. The molecule has 22 heavy (non-hydrogen) atoms. The average molecular weight is 316 g/mol. The minimum absolute atomic E-state index is 0.583. The van der Waals surface area contributed by atoms with Crippen LogP contribution in [0.3, 0.4) is 0 Å². The van der Waals surface area contributed by atoms with E-state index in [9.17, 15) is 0 Å². The van der Waals surface area contributed by atoms with Crippen LogP contribution in [-0.2, 0) is 20.1 Å². The third kappa shape index (κ3) is 2.73. The number of aryl methyl sites for hydroxylation is 1. The van der Waals surface area contributed by atoms with Gasteiger partial charge in [0.05, 0.1) is 5.69 Å². The SMILES string of the molecule is Cn1nccc1CN(Cc1ccsc1)[C@H]1CC12CCNCC2. The van der Waals surface area contributed by atoms with Crippen molar-refractivity contribution in [3.8, 4) is 0 Å². The van der Waals surface area contributed by atoms with Gasteiger partial charge in [0.15, 0.2) is 0 Å². The van der Waals surface area contributed by atoms with Crippen LogP contribution >= 0.6 is 11.3 Å². The van der Waals surface area contributed by atoms with Crippen molar-refractivity contribution in [2.75, 3.05) is 13.1 Å². The molecule has 1 saturated heterocycles. The molecule has 3 heterocycles. The lowest BCUT2D eigenvalue weighted by molar-refractivity contribution is 0.184. The van der Waals surface area contributed by atoms with Crippen molar-refractivity contribution in [2.24, 2.45) is 12.5 Å². The van der Waals surface area contributed by atoms with Gasteiger partial charge in [0, 0.05) is 32.4 Å². The molecule has 1 N–H and O–H groups in total. The molecule has 2 fully saturated rings. The van der Waals surface area contributed by atoms with Crippen LogP contribution in [0, 0.1) is 5.41 Å². The summed E-state index contributed by atoms with van der Waals surface area (Å²) < 4.78 is 2.01. The van der Waals surface area contributed by atoms with Gasteiger partial charge < -0.3 is 5.32 Å². The van der Waals surface area contributed by atoms with E-state index in [1.54, 1.807) is 11.3 Å². The van der Waals surface area contributed by atoms with Gasteiger partial charge >= 0.3 is 0 Å². The molecule has 0 bridgehead atoms. The molecule has 0 aromatic carbocycles. The van der Waals surface area contributed by atoms with Crippen LogP contribution in [-0.4, -0.2) is 33.8 Å². The minimum Gasteiger partial charge on any atom is -0.317 e. The van der Waals surface area contributed by atoms with Gasteiger partial charge in [0.2, 0.25) is 0 Å². The molecule has 1 spiro atoms. The maximum atomic E-state index is 4.33. The molecule has 0 radical (unpaired) electrons. The van der Waals surface area contributed by atoms with Gasteiger partial charge in [-0.1, -0.05) is 0 Å². The molecule has 2 aliphatic rings. The van der Waals surface area contributed by atoms with E-state index in [1.165, 1.54) is 43.6 Å². The standard InChI is InChI=1S/C17H24N4S/c1-20-15(2-6-19-20)12-21(11-14-3-9-22-13-14)16-10-17(16)4-7-18-8-5-17/h2-3,6,9,13,16,18H,4-5,7-8,10-12H2,1H3/t16-/m0/s1. The summed E-state index contributed by atoms with van der Waals surface area (Å²) >= 11 is 1.80. The van der Waals surface area contributed by atoms with E-state index in [0.717, 1.165) is 19.1 Å². The second kappa shape index (κ2) is 5.80. The quantitative estimate of drug-likeness (QED) is 0.920. The Morgan fingerprint density at radius 1 is 1.36 bits per heavy atom. The fourth-order valence-electron chi connectivity index (χ4n) is 3.96. The van der Waals surface area contributed by atoms with E-state index in [0.29, 0.717) is 5.41 Å². The molecule has 118 valence electrons. The Morgan fingerprint density at radius 2 is 2.23 bits per heavy atom. The molecule has 1 saturated carbocycles. The Labute approximate surface area is 136 Å². The van der Waals surface area contributed by atoms with Crippen LogP contribution in [0.4, 0.5) is 0 Å². The first-order valence-corrected chi connectivity index (χ1v) is 9.14. The van der Waals surface area contributed by atoms with Crippen LogP contribution in [0.15, 0.2) is 29.1 Å². The highest BCUT2D eigenvalue weighted by atomic mass is 32.1. The zero-order valence-corrected chi connectivity index (χ0v) is 14.0. The van der Waals surface area contributed by atoms with E-state index < -0.39 is 0 Å². The summed E-state index contributed by atoms with van der Waals surface area (Å²) in [6.45, 7) is 4.45. The summed E-state index contributed by atoms with van der Waals surface area (Å²) in [5.74, 6) is 0. The van der Waals surface area contributed by atoms with E-state index >= 15 is 0 Å². The zero-order chi connectivity index (χ0) is 15.0. The van der Waals surface area contributed by atoms with Gasteiger partial charge in [-0.05, 0) is 66.2 Å². The Bertz CT molecular complexity index is 612. The first-order chi connectivity index (χ1) is 10.8. The van der Waals surface area contributed by atoms with Crippen molar-refractivity contribution in [3.05, 3.63) is 40.3 Å². The first-order valence-electron chi connectivity index (χ1n) is 8.20. The van der Waals surface area contributed by atoms with Crippen LogP contribution < -0.4 is 5.32 Å². The lowest BCUT2D eigenvalue weighted by Gasteiger charge is -2.29. The molecule has 1 aliphatic carbocycles. The summed E-state index contributed by atoms with van der Waals surface area (Å²) in [5.41, 5.74) is 3.34. The van der Waals surface area contributed by atoms with E-state index in [4.69, 9.17) is 0 Å². The maximum Gasteiger partial charge on any atom is 0.0521 e. The molecule has 2 aromatic heterocycles. The van der Waals surface area contributed by atoms with Gasteiger partial charge in [-0.15, -0.1) is 0 Å². The Morgan fingerprint density at radius 3 is 2.91 bits per heavy atom. The molecule has 0 amide bonds. The molecule has 4 nitrogen and oxygen atoms in total. The van der Waals surface area contributed by atoms with Gasteiger partial charge in [0.25, 0.3) is 0 Å². The number of nitrogens with zero attached hydrogens (tertiary/aromatic N) is 3. The topological polar surface area (TPSA) is 33.1 Å². The summed E-state index contributed by atoms with van der Waals surface area (Å²) in [6, 6.07) is 5.15. The van der Waals surface area contributed by atoms with Crippen molar-refractivity contribution < 1.29 is 0 Å². The Kier molecular flexibility index (Phi) is 3.80. The summed E-state index contributed by atoms with van der Waals surface area (Å²) in [7, 11) is 2.05. The molecule has 1 atom stereocenters. The predicted octanol–water partition coefficient (Wildman–Crippen LogP) is 2.63. The normalized spacial score (nSPS) is 23.3. The number of hydrogen-bond acceptors (Lipinski definition) is 4. The number of piperidine rings is 1. The second-order valence-electron chi connectivity index (χ2n) is 6.82. The molecular weight excluding hydrogens is 292 g/mol. The molecule has 1 aliphatic heterocycles. The second-order valence-corrected chi connectivity index (χ2v) is 7.60. The fraction of sp³-hybridized carbons (Fsp3) is 0.588. The largest absolute Gasteiger partial charge is 0.317 e. The molecule has 2 aromatic rings. The van der Waals surface area contributed by atoms with Crippen molar-refractivity contribution in [3.63, 3.8) is 0 Å². The van der Waals surface area contributed by atoms with Crippen LogP contribution in [0.25, 0.3) is 0 Å². The Hall–Kier alpha value is -1.17. The molecule has 5 heteroatoms. The fourth-order valence-corrected chi connectivity index (χ4v) is 4.62. The minimum atomic E-state index is 0.583. The predicted molar refractivity (Wildman–Crippen MR) is 89.7 cm³/mol. The number of aromatic nitrogens is 2. The summed E-state index contributed by atoms with van der Waals surface area (Å²) in [5, 5.41) is 12.3. The van der Waals surface area contributed by atoms with E-state index in [-0.39, 0.29) is 0 Å². The van der Waals surface area contributed by atoms with Gasteiger partial charge in [-0.25, -0.2) is 0 Å². The van der Waals surface area contributed by atoms with Crippen LogP contribution in [0.1, 0.15) is 30.5 Å². The molecule has 4 rings (SSSR count). The Balaban J connectivity index is 1.52. The third-order valence-corrected chi connectivity index (χ3v) is 6.17. The smallest absolute Gasteiger partial charge is 0.0521 e. The van der Waals surface area contributed by atoms with Crippen LogP contribution in [0.5, 0.6) is 0 Å². The average Bonchev–Trinajstić information content (AvgIpc) is 2.90. The number of thiophene rings is 1. The number of nitrogens with one attached hydrogen (secondary N) is 1. The zero-order valence-electron chi connectivity index (χ0n) is 13.2. The van der Waals surface area contributed by atoms with Crippen molar-refractivity contribution in [1.29, 1.82) is 0 Å². The maximum absolute atomic E-state index is 4.33. The van der Waals surface area contributed by atoms with Crippen molar-refractivity contribution >= 4 is 11.3 Å². The number of hydrogen-bond donors (Lipinski definition) is 1. The van der Waals surface area contributed by atoms with Crippen LogP contribution in [0.2, 0.25) is 0 Å². The van der Waals surface area contributed by atoms with E-state index in [1.807, 2.05) is 17.9 Å². The lowest BCUT2D eigenvalue weighted by atomic mass is 9.93. The van der Waals surface area contributed by atoms with E-state index in [2.05, 4.69) is 38.2 Å². The highest BCUT2D eigenvalue weighted by Gasteiger charge is 2.56. The highest BCUT2D eigenvalue weighted by molar-refractivity contribution is 7.07.